The molecule has 1 aromatic rings. The van der Waals surface area contributed by atoms with Gasteiger partial charge in [0.15, 0.2) is 5.78 Å². The number of fused-ring (bicyclic) bond motifs is 1. The summed E-state index contributed by atoms with van der Waals surface area (Å²) in [6.45, 7) is 0. The second kappa shape index (κ2) is 2.70. The van der Waals surface area contributed by atoms with Crippen LogP contribution in [0.4, 0.5) is 4.39 Å². The number of carbonyl (C=O) groups is 1. The largest absolute Gasteiger partial charge is 0.294 e. The van der Waals surface area contributed by atoms with E-state index in [0.29, 0.717) is 24.0 Å². The Bertz CT molecular complexity index is 319. The fourth-order valence-electron chi connectivity index (χ4n) is 1.57. The third kappa shape index (κ3) is 1.04. The Labute approximate surface area is 70.2 Å². The minimum absolute atomic E-state index is 0.0690. The van der Waals surface area contributed by atoms with Crippen LogP contribution in [0.3, 0.4) is 0 Å². The minimum Gasteiger partial charge on any atom is -0.294 e. The molecule has 0 fully saturated rings. The molecule has 0 aromatic heterocycles. The van der Waals surface area contributed by atoms with E-state index in [0.717, 1.165) is 0 Å². The maximum Gasteiger partial charge on any atom is 0.163 e. The Morgan fingerprint density at radius 1 is 1.33 bits per heavy atom. The number of Topliss-reactive ketones (excluding diaryl/α,β-unsaturated/α-hetero) is 1. The summed E-state index contributed by atoms with van der Waals surface area (Å²) in [6, 6.07) is 6.93. The van der Waals surface area contributed by atoms with Crippen molar-refractivity contribution in [3.8, 4) is 0 Å². The first-order chi connectivity index (χ1) is 5.79. The predicted octanol–water partition coefficient (Wildman–Crippen LogP) is 2.67. The zero-order valence-electron chi connectivity index (χ0n) is 6.59. The van der Waals surface area contributed by atoms with Crippen molar-refractivity contribution in [1.82, 2.24) is 0 Å². The number of halogens is 1. The molecule has 1 atom stereocenters. The molecular formula is C10H9FO. The number of ketones is 1. The number of hydrogen-bond acceptors (Lipinski definition) is 1. The molecular weight excluding hydrogens is 155 g/mol. The van der Waals surface area contributed by atoms with Gasteiger partial charge in [0.05, 0.1) is 0 Å². The van der Waals surface area contributed by atoms with Gasteiger partial charge in [-0.2, -0.15) is 0 Å². The first-order valence-electron chi connectivity index (χ1n) is 4.05. The first kappa shape index (κ1) is 7.47. The molecule has 2 heteroatoms. The predicted molar refractivity (Wildman–Crippen MR) is 43.9 cm³/mol. The zero-order chi connectivity index (χ0) is 8.55. The van der Waals surface area contributed by atoms with Gasteiger partial charge in [-0.15, -0.1) is 0 Å². The van der Waals surface area contributed by atoms with E-state index in [4.69, 9.17) is 0 Å². The number of carbonyl (C=O) groups excluding carboxylic acids is 1. The highest BCUT2D eigenvalue weighted by atomic mass is 19.1. The summed E-state index contributed by atoms with van der Waals surface area (Å²) >= 11 is 0. The number of benzene rings is 1. The number of rotatable bonds is 0. The summed E-state index contributed by atoms with van der Waals surface area (Å²) < 4.78 is 13.2. The molecule has 0 N–H and O–H groups in total. The number of hydrogen-bond donors (Lipinski definition) is 0. The Morgan fingerprint density at radius 2 is 2.08 bits per heavy atom. The molecule has 0 amide bonds. The van der Waals surface area contributed by atoms with Crippen molar-refractivity contribution in [2.24, 2.45) is 0 Å². The lowest BCUT2D eigenvalue weighted by Gasteiger charge is -2.17. The summed E-state index contributed by atoms with van der Waals surface area (Å²) in [5.74, 6) is 0.0690. The Balaban J connectivity index is 2.55. The van der Waals surface area contributed by atoms with E-state index in [1.165, 1.54) is 0 Å². The van der Waals surface area contributed by atoms with Crippen LogP contribution in [-0.4, -0.2) is 5.78 Å². The zero-order valence-corrected chi connectivity index (χ0v) is 6.59. The smallest absolute Gasteiger partial charge is 0.163 e. The van der Waals surface area contributed by atoms with Crippen molar-refractivity contribution in [2.45, 2.75) is 19.0 Å². The van der Waals surface area contributed by atoms with Crippen LogP contribution in [-0.2, 0) is 0 Å². The van der Waals surface area contributed by atoms with Gasteiger partial charge in [-0.1, -0.05) is 24.3 Å². The molecule has 0 heterocycles. The van der Waals surface area contributed by atoms with Crippen molar-refractivity contribution in [3.05, 3.63) is 35.4 Å². The molecule has 0 radical (unpaired) electrons. The Hall–Kier alpha value is -1.18. The molecule has 0 aliphatic heterocycles. The van der Waals surface area contributed by atoms with Gasteiger partial charge in [0.25, 0.3) is 0 Å². The third-order valence-corrected chi connectivity index (χ3v) is 2.22. The maximum atomic E-state index is 13.2. The van der Waals surface area contributed by atoms with Crippen LogP contribution >= 0.6 is 0 Å². The van der Waals surface area contributed by atoms with Crippen molar-refractivity contribution in [1.29, 1.82) is 0 Å². The van der Waals surface area contributed by atoms with Gasteiger partial charge in [-0.25, -0.2) is 4.39 Å². The van der Waals surface area contributed by atoms with Gasteiger partial charge >= 0.3 is 0 Å². The van der Waals surface area contributed by atoms with E-state index in [9.17, 15) is 9.18 Å². The van der Waals surface area contributed by atoms with Crippen LogP contribution in [0, 0.1) is 0 Å². The molecule has 0 spiro atoms. The fraction of sp³-hybridized carbons (Fsp3) is 0.300. The highest BCUT2D eigenvalue weighted by Gasteiger charge is 2.24. The summed E-state index contributed by atoms with van der Waals surface area (Å²) in [5, 5.41) is 0. The molecule has 62 valence electrons. The van der Waals surface area contributed by atoms with Crippen molar-refractivity contribution >= 4 is 5.78 Å². The number of alkyl halides is 1. The average molecular weight is 164 g/mol. The first-order valence-corrected chi connectivity index (χ1v) is 4.05. The van der Waals surface area contributed by atoms with E-state index in [1.807, 2.05) is 0 Å². The highest BCUT2D eigenvalue weighted by Crippen LogP contribution is 2.31. The molecule has 0 bridgehead atoms. The molecule has 12 heavy (non-hydrogen) atoms. The van der Waals surface area contributed by atoms with E-state index < -0.39 is 6.17 Å². The maximum absolute atomic E-state index is 13.2. The lowest BCUT2D eigenvalue weighted by Crippen LogP contribution is -2.12. The van der Waals surface area contributed by atoms with Gasteiger partial charge in [0.1, 0.15) is 6.17 Å². The van der Waals surface area contributed by atoms with Crippen LogP contribution in [0.5, 0.6) is 0 Å². The van der Waals surface area contributed by atoms with E-state index in [1.54, 1.807) is 24.3 Å². The lowest BCUT2D eigenvalue weighted by atomic mass is 9.89. The Morgan fingerprint density at radius 3 is 2.83 bits per heavy atom. The monoisotopic (exact) mass is 164 g/mol. The van der Waals surface area contributed by atoms with Crippen LogP contribution < -0.4 is 0 Å². The second-order valence-electron chi connectivity index (χ2n) is 3.02. The van der Waals surface area contributed by atoms with E-state index in [2.05, 4.69) is 0 Å². The minimum atomic E-state index is -0.945. The molecule has 2 rings (SSSR count). The highest BCUT2D eigenvalue weighted by molar-refractivity contribution is 5.98. The van der Waals surface area contributed by atoms with Gasteiger partial charge in [0.2, 0.25) is 0 Å². The molecule has 0 unspecified atom stereocenters. The molecule has 1 aromatic carbocycles. The van der Waals surface area contributed by atoms with Gasteiger partial charge in [0, 0.05) is 12.0 Å². The van der Waals surface area contributed by atoms with Crippen LogP contribution in [0.1, 0.15) is 34.9 Å². The van der Waals surface area contributed by atoms with Crippen molar-refractivity contribution in [2.75, 3.05) is 0 Å². The molecule has 1 aliphatic rings. The average Bonchev–Trinajstić information content (AvgIpc) is 2.12. The summed E-state index contributed by atoms with van der Waals surface area (Å²) in [4.78, 5) is 11.3. The summed E-state index contributed by atoms with van der Waals surface area (Å²) in [7, 11) is 0. The van der Waals surface area contributed by atoms with Crippen LogP contribution in [0.2, 0.25) is 0 Å². The van der Waals surface area contributed by atoms with E-state index >= 15 is 0 Å². The molecule has 1 aliphatic carbocycles. The summed E-state index contributed by atoms with van der Waals surface area (Å²) in [5.41, 5.74) is 1.13. The normalized spacial score (nSPS) is 22.1. The Kier molecular flexibility index (Phi) is 1.68. The second-order valence-corrected chi connectivity index (χ2v) is 3.02. The van der Waals surface area contributed by atoms with Crippen molar-refractivity contribution in [3.63, 3.8) is 0 Å². The van der Waals surface area contributed by atoms with E-state index in [-0.39, 0.29) is 5.78 Å². The quantitative estimate of drug-likeness (QED) is 0.576. The summed E-state index contributed by atoms with van der Waals surface area (Å²) in [6.07, 6.45) is -0.257. The topological polar surface area (TPSA) is 17.1 Å². The standard InChI is InChI=1S/C10H9FO/c11-9-5-6-10(12)8-4-2-1-3-7(8)9/h1-4,9H,5-6H2/t9-/m0/s1. The molecule has 1 nitrogen and oxygen atoms in total. The molecule has 0 saturated carbocycles. The van der Waals surface area contributed by atoms with Gasteiger partial charge in [-0.3, -0.25) is 4.79 Å². The van der Waals surface area contributed by atoms with Gasteiger partial charge in [-0.05, 0) is 12.0 Å². The molecule has 0 saturated heterocycles. The SMILES string of the molecule is O=C1CC[C@H](F)c2ccccc21. The van der Waals surface area contributed by atoms with Crippen LogP contribution in [0.15, 0.2) is 24.3 Å². The fourth-order valence-corrected chi connectivity index (χ4v) is 1.57. The van der Waals surface area contributed by atoms with Crippen molar-refractivity contribution < 1.29 is 9.18 Å². The third-order valence-electron chi connectivity index (χ3n) is 2.22. The lowest BCUT2D eigenvalue weighted by molar-refractivity contribution is 0.0949. The van der Waals surface area contributed by atoms with Crippen LogP contribution in [0.25, 0.3) is 0 Å². The van der Waals surface area contributed by atoms with Gasteiger partial charge < -0.3 is 0 Å².